The van der Waals surface area contributed by atoms with E-state index >= 15 is 0 Å². The van der Waals surface area contributed by atoms with E-state index in [2.05, 4.69) is 31.4 Å². The molecular weight excluding hydrogens is 326 g/mol. The lowest BCUT2D eigenvalue weighted by Crippen LogP contribution is -2.48. The fourth-order valence-corrected chi connectivity index (χ4v) is 3.35. The number of hydrogen-bond donors (Lipinski definition) is 2. The largest absolute Gasteiger partial charge is 0.352 e. The first kappa shape index (κ1) is 22.9. The van der Waals surface area contributed by atoms with Crippen molar-refractivity contribution in [3.8, 4) is 0 Å². The van der Waals surface area contributed by atoms with Gasteiger partial charge in [0.2, 0.25) is 11.8 Å². The highest BCUT2D eigenvalue weighted by atomic mass is 16.2. The Kier molecular flexibility index (Phi) is 12.4. The van der Waals surface area contributed by atoms with Crippen molar-refractivity contribution in [2.24, 2.45) is 0 Å². The van der Waals surface area contributed by atoms with Gasteiger partial charge in [0.1, 0.15) is 0 Å². The van der Waals surface area contributed by atoms with Gasteiger partial charge in [0.25, 0.3) is 0 Å². The lowest BCUT2D eigenvalue weighted by Gasteiger charge is -2.32. The number of rotatable bonds is 13. The van der Waals surface area contributed by atoms with E-state index in [4.69, 9.17) is 0 Å². The van der Waals surface area contributed by atoms with E-state index in [9.17, 15) is 9.59 Å². The molecule has 1 unspecified atom stereocenters. The Morgan fingerprint density at radius 1 is 1.00 bits per heavy atom. The number of carbonyl (C=O) groups is 2. The molecule has 0 aromatic heterocycles. The van der Waals surface area contributed by atoms with Crippen molar-refractivity contribution in [2.75, 3.05) is 19.6 Å². The summed E-state index contributed by atoms with van der Waals surface area (Å²) in [6.45, 7) is 8.36. The zero-order valence-corrected chi connectivity index (χ0v) is 17.3. The van der Waals surface area contributed by atoms with Crippen LogP contribution in [0.15, 0.2) is 0 Å². The summed E-state index contributed by atoms with van der Waals surface area (Å²) in [6.07, 6.45) is 12.1. The first-order chi connectivity index (χ1) is 12.6. The topological polar surface area (TPSA) is 61.4 Å². The third-order valence-electron chi connectivity index (χ3n) is 5.43. The molecule has 1 aliphatic heterocycles. The van der Waals surface area contributed by atoms with Crippen LogP contribution in [0, 0.1) is 0 Å². The third-order valence-corrected chi connectivity index (χ3v) is 5.43. The smallest absolute Gasteiger partial charge is 0.234 e. The minimum atomic E-state index is 0.0677. The average Bonchev–Trinajstić information content (AvgIpc) is 2.65. The highest BCUT2D eigenvalue weighted by Crippen LogP contribution is 2.14. The van der Waals surface area contributed by atoms with Gasteiger partial charge in [-0.05, 0) is 32.6 Å². The number of unbranched alkanes of at least 4 members (excludes halogenated alkanes) is 6. The van der Waals surface area contributed by atoms with Crippen molar-refractivity contribution in [1.82, 2.24) is 15.5 Å². The maximum atomic E-state index is 12.3. The number of hydrogen-bond acceptors (Lipinski definition) is 3. The number of nitrogens with zero attached hydrogens (tertiary/aromatic N) is 1. The molecule has 152 valence electrons. The molecule has 5 heteroatoms. The second-order valence-electron chi connectivity index (χ2n) is 7.78. The maximum Gasteiger partial charge on any atom is 0.234 e. The van der Waals surface area contributed by atoms with Crippen LogP contribution in [0.25, 0.3) is 0 Å². The fourth-order valence-electron chi connectivity index (χ4n) is 3.35. The van der Waals surface area contributed by atoms with Crippen LogP contribution >= 0.6 is 0 Å². The second-order valence-corrected chi connectivity index (χ2v) is 7.78. The molecule has 1 saturated heterocycles. The first-order valence-corrected chi connectivity index (χ1v) is 10.9. The van der Waals surface area contributed by atoms with Crippen molar-refractivity contribution in [2.45, 2.75) is 103 Å². The lowest BCUT2D eigenvalue weighted by atomic mass is 10.0. The predicted molar refractivity (Wildman–Crippen MR) is 108 cm³/mol. The summed E-state index contributed by atoms with van der Waals surface area (Å²) in [5.41, 5.74) is 0. The maximum absolute atomic E-state index is 12.3. The van der Waals surface area contributed by atoms with Crippen molar-refractivity contribution in [1.29, 1.82) is 0 Å². The Bertz CT molecular complexity index is 393. The van der Waals surface area contributed by atoms with E-state index in [0.29, 0.717) is 24.9 Å². The van der Waals surface area contributed by atoms with Gasteiger partial charge in [-0.1, -0.05) is 52.4 Å². The quantitative estimate of drug-likeness (QED) is 0.489. The van der Waals surface area contributed by atoms with Gasteiger partial charge in [0.15, 0.2) is 0 Å². The number of piperidine rings is 1. The Morgan fingerprint density at radius 3 is 2.23 bits per heavy atom. The van der Waals surface area contributed by atoms with Crippen LogP contribution in [0.1, 0.15) is 91.4 Å². The molecule has 1 fully saturated rings. The molecular formula is C21H41N3O2. The fraction of sp³-hybridized carbons (Fsp3) is 0.905. The summed E-state index contributed by atoms with van der Waals surface area (Å²) >= 11 is 0. The van der Waals surface area contributed by atoms with Gasteiger partial charge >= 0.3 is 0 Å². The molecule has 5 nitrogen and oxygen atoms in total. The lowest BCUT2D eigenvalue weighted by molar-refractivity contribution is -0.132. The molecule has 26 heavy (non-hydrogen) atoms. The molecule has 2 N–H and O–H groups in total. The van der Waals surface area contributed by atoms with E-state index in [1.807, 2.05) is 4.90 Å². The van der Waals surface area contributed by atoms with Gasteiger partial charge in [-0.15, -0.1) is 0 Å². The van der Waals surface area contributed by atoms with Crippen LogP contribution in [-0.2, 0) is 9.59 Å². The van der Waals surface area contributed by atoms with Gasteiger partial charge in [0, 0.05) is 31.6 Å². The summed E-state index contributed by atoms with van der Waals surface area (Å²) in [7, 11) is 0. The molecule has 1 aliphatic rings. The highest BCUT2D eigenvalue weighted by molar-refractivity contribution is 5.78. The predicted octanol–water partition coefficient (Wildman–Crippen LogP) is 3.62. The number of carbonyl (C=O) groups excluding carboxylic acids is 2. The zero-order valence-electron chi connectivity index (χ0n) is 17.3. The Morgan fingerprint density at radius 2 is 1.62 bits per heavy atom. The van der Waals surface area contributed by atoms with E-state index in [-0.39, 0.29) is 11.9 Å². The molecule has 0 aliphatic carbocycles. The molecule has 0 radical (unpaired) electrons. The monoisotopic (exact) mass is 367 g/mol. The minimum absolute atomic E-state index is 0.0677. The van der Waals surface area contributed by atoms with E-state index in [1.165, 1.54) is 38.5 Å². The third kappa shape index (κ3) is 10.1. The summed E-state index contributed by atoms with van der Waals surface area (Å²) in [5, 5.41) is 6.31. The Hall–Kier alpha value is -1.10. The molecule has 1 heterocycles. The normalized spacial score (nSPS) is 16.5. The zero-order chi connectivity index (χ0) is 19.2. The van der Waals surface area contributed by atoms with Crippen LogP contribution in [0.4, 0.5) is 0 Å². The molecule has 0 spiro atoms. The van der Waals surface area contributed by atoms with Gasteiger partial charge in [0.05, 0.1) is 6.54 Å². The summed E-state index contributed by atoms with van der Waals surface area (Å²) < 4.78 is 0. The summed E-state index contributed by atoms with van der Waals surface area (Å²) in [5.74, 6) is 0.361. The van der Waals surface area contributed by atoms with Gasteiger partial charge in [-0.25, -0.2) is 0 Å². The van der Waals surface area contributed by atoms with Crippen LogP contribution in [-0.4, -0.2) is 48.4 Å². The highest BCUT2D eigenvalue weighted by Gasteiger charge is 2.23. The van der Waals surface area contributed by atoms with E-state index in [1.54, 1.807) is 0 Å². The molecule has 0 aromatic carbocycles. The van der Waals surface area contributed by atoms with Crippen LogP contribution in [0.5, 0.6) is 0 Å². The van der Waals surface area contributed by atoms with Crippen molar-refractivity contribution in [3.05, 3.63) is 0 Å². The van der Waals surface area contributed by atoms with Gasteiger partial charge in [-0.3, -0.25) is 9.59 Å². The molecule has 2 amide bonds. The van der Waals surface area contributed by atoms with Gasteiger partial charge in [-0.2, -0.15) is 0 Å². The average molecular weight is 368 g/mol. The molecule has 0 bridgehead atoms. The van der Waals surface area contributed by atoms with Crippen LogP contribution < -0.4 is 10.6 Å². The van der Waals surface area contributed by atoms with Crippen LogP contribution in [0.2, 0.25) is 0 Å². The summed E-state index contributed by atoms with van der Waals surface area (Å²) in [6, 6.07) is 0.579. The number of likely N-dealkylation sites (tertiary alicyclic amines) is 1. The van der Waals surface area contributed by atoms with E-state index in [0.717, 1.165) is 38.8 Å². The molecule has 0 saturated carbocycles. The minimum Gasteiger partial charge on any atom is -0.352 e. The standard InChI is InChI=1S/C21H41N3O2/c1-4-6-7-8-9-10-11-12-21(26)24-15-13-19(14-16-24)23-20(25)17-22-18(3)5-2/h18-19,22H,4-17H2,1-3H3,(H,23,25). The van der Waals surface area contributed by atoms with Crippen molar-refractivity contribution >= 4 is 11.8 Å². The number of amides is 2. The van der Waals surface area contributed by atoms with Crippen molar-refractivity contribution in [3.63, 3.8) is 0 Å². The molecule has 0 aromatic rings. The summed E-state index contributed by atoms with van der Waals surface area (Å²) in [4.78, 5) is 26.2. The second kappa shape index (κ2) is 14.0. The van der Waals surface area contributed by atoms with Crippen molar-refractivity contribution < 1.29 is 9.59 Å². The SMILES string of the molecule is CCCCCCCCCC(=O)N1CCC(NC(=O)CNC(C)CC)CC1. The Labute approximate surface area is 160 Å². The Balaban J connectivity index is 2.09. The van der Waals surface area contributed by atoms with E-state index < -0.39 is 0 Å². The number of nitrogens with one attached hydrogen (secondary N) is 2. The first-order valence-electron chi connectivity index (χ1n) is 10.9. The van der Waals surface area contributed by atoms with Gasteiger partial charge < -0.3 is 15.5 Å². The van der Waals surface area contributed by atoms with Crippen LogP contribution in [0.3, 0.4) is 0 Å². The molecule has 1 atom stereocenters. The molecule has 1 rings (SSSR count).